The van der Waals surface area contributed by atoms with Gasteiger partial charge in [0.25, 0.3) is 0 Å². The smallest absolute Gasteiger partial charge is 0.357 e. The Morgan fingerprint density at radius 1 is 1.22 bits per heavy atom. The van der Waals surface area contributed by atoms with Crippen LogP contribution in [0.2, 0.25) is 0 Å². The Morgan fingerprint density at radius 2 is 1.93 bits per heavy atom. The minimum absolute atomic E-state index is 0. The van der Waals surface area contributed by atoms with Crippen molar-refractivity contribution in [1.29, 1.82) is 0 Å². The molecule has 1 aromatic rings. The van der Waals surface area contributed by atoms with Crippen LogP contribution in [0, 0.1) is 0 Å². The molecule has 1 saturated heterocycles. The quantitative estimate of drug-likeness (QED) is 0.357. The first-order chi connectivity index (χ1) is 12.4. The number of hydrogen-bond acceptors (Lipinski definition) is 4. The average molecular weight is 500 g/mol. The molecular formula is C17H28F3IN6. The summed E-state index contributed by atoms with van der Waals surface area (Å²) in [6, 6.07) is 3.82. The number of halogens is 4. The van der Waals surface area contributed by atoms with E-state index >= 15 is 0 Å². The van der Waals surface area contributed by atoms with Crippen LogP contribution in [0.15, 0.2) is 23.3 Å². The normalized spacial score (nSPS) is 16.0. The minimum atomic E-state index is -4.18. The van der Waals surface area contributed by atoms with Crippen LogP contribution >= 0.6 is 24.0 Å². The second kappa shape index (κ2) is 11.5. The highest BCUT2D eigenvalue weighted by molar-refractivity contribution is 14.0. The van der Waals surface area contributed by atoms with E-state index in [0.717, 1.165) is 37.6 Å². The van der Waals surface area contributed by atoms with Crippen LogP contribution in [-0.4, -0.2) is 68.3 Å². The summed E-state index contributed by atoms with van der Waals surface area (Å²) >= 11 is 0. The van der Waals surface area contributed by atoms with E-state index < -0.39 is 12.6 Å². The lowest BCUT2D eigenvalue weighted by atomic mass is 10.2. The van der Waals surface area contributed by atoms with Gasteiger partial charge >= 0.3 is 6.18 Å². The van der Waals surface area contributed by atoms with Crippen molar-refractivity contribution in [3.63, 3.8) is 0 Å². The van der Waals surface area contributed by atoms with Gasteiger partial charge in [-0.15, -0.1) is 24.0 Å². The fourth-order valence-corrected chi connectivity index (χ4v) is 2.69. The van der Waals surface area contributed by atoms with Gasteiger partial charge in [0.15, 0.2) is 5.96 Å². The van der Waals surface area contributed by atoms with Gasteiger partial charge in [0.05, 0.1) is 13.0 Å². The first-order valence-electron chi connectivity index (χ1n) is 8.85. The monoisotopic (exact) mass is 500 g/mol. The molecule has 0 amide bonds. The maximum atomic E-state index is 12.3. The lowest BCUT2D eigenvalue weighted by Gasteiger charge is -2.34. The second-order valence-electron chi connectivity index (χ2n) is 6.26. The van der Waals surface area contributed by atoms with Gasteiger partial charge < -0.3 is 20.4 Å². The summed E-state index contributed by atoms with van der Waals surface area (Å²) in [4.78, 5) is 13.4. The Balaban J connectivity index is 0.00000364. The Hall–Kier alpha value is -1.30. The van der Waals surface area contributed by atoms with Gasteiger partial charge in [-0.25, -0.2) is 9.98 Å². The van der Waals surface area contributed by atoms with E-state index in [1.807, 2.05) is 19.1 Å². The highest BCUT2D eigenvalue weighted by Crippen LogP contribution is 2.20. The van der Waals surface area contributed by atoms with Gasteiger partial charge in [-0.3, -0.25) is 0 Å². The van der Waals surface area contributed by atoms with Gasteiger partial charge in [0.1, 0.15) is 5.82 Å². The van der Waals surface area contributed by atoms with Crippen molar-refractivity contribution in [3.8, 4) is 0 Å². The second-order valence-corrected chi connectivity index (χ2v) is 6.26. The third-order valence-corrected chi connectivity index (χ3v) is 4.12. The van der Waals surface area contributed by atoms with Crippen molar-refractivity contribution in [3.05, 3.63) is 23.9 Å². The zero-order valence-electron chi connectivity index (χ0n) is 15.7. The van der Waals surface area contributed by atoms with Gasteiger partial charge in [-0.1, -0.05) is 6.07 Å². The number of aliphatic imine (C=N–C) groups is 1. The van der Waals surface area contributed by atoms with Crippen molar-refractivity contribution in [2.75, 3.05) is 51.2 Å². The first-order valence-corrected chi connectivity index (χ1v) is 8.85. The Bertz CT molecular complexity index is 588. The number of piperazine rings is 1. The molecule has 0 radical (unpaired) electrons. The molecular weight excluding hydrogens is 472 g/mol. The van der Waals surface area contributed by atoms with Gasteiger partial charge in [-0.2, -0.15) is 13.2 Å². The zero-order chi connectivity index (χ0) is 19.0. The highest BCUT2D eigenvalue weighted by atomic mass is 127. The van der Waals surface area contributed by atoms with Gasteiger partial charge in [-0.05, 0) is 20.0 Å². The molecule has 1 fully saturated rings. The average Bonchev–Trinajstić information content (AvgIpc) is 2.60. The predicted octanol–water partition coefficient (Wildman–Crippen LogP) is 2.46. The summed E-state index contributed by atoms with van der Waals surface area (Å²) in [6.07, 6.45) is -3.31. The van der Waals surface area contributed by atoms with E-state index in [1.54, 1.807) is 6.20 Å². The molecule has 154 valence electrons. The van der Waals surface area contributed by atoms with Crippen LogP contribution in [0.4, 0.5) is 19.0 Å². The Kier molecular flexibility index (Phi) is 10.1. The van der Waals surface area contributed by atoms with Crippen molar-refractivity contribution in [2.45, 2.75) is 26.1 Å². The number of alkyl halides is 3. The number of guanidine groups is 1. The van der Waals surface area contributed by atoms with Gasteiger partial charge in [0, 0.05) is 51.0 Å². The fourth-order valence-electron chi connectivity index (χ4n) is 2.69. The molecule has 1 aliphatic heterocycles. The summed E-state index contributed by atoms with van der Waals surface area (Å²) in [6.45, 7) is 6.35. The van der Waals surface area contributed by atoms with E-state index in [1.165, 1.54) is 0 Å². The number of pyridine rings is 1. The van der Waals surface area contributed by atoms with Crippen molar-refractivity contribution < 1.29 is 13.2 Å². The number of nitrogens with zero attached hydrogens (tertiary/aromatic N) is 4. The molecule has 0 bridgehead atoms. The van der Waals surface area contributed by atoms with Crippen molar-refractivity contribution >= 4 is 35.8 Å². The lowest BCUT2D eigenvalue weighted by molar-refractivity contribution is -0.132. The standard InChI is InChI=1S/C17H27F3N6.HI/c1-3-21-16(23-8-6-17(18,19)20)24-13-14-5-4-7-22-15(14)26-11-9-25(2)10-12-26;/h4-5,7H,3,6,8-13H2,1-2H3,(H2,21,23,24);1H. The minimum Gasteiger partial charge on any atom is -0.357 e. The van der Waals surface area contributed by atoms with E-state index in [-0.39, 0.29) is 30.5 Å². The van der Waals surface area contributed by atoms with E-state index in [0.29, 0.717) is 19.0 Å². The van der Waals surface area contributed by atoms with E-state index in [4.69, 9.17) is 0 Å². The van der Waals surface area contributed by atoms with Crippen LogP contribution in [-0.2, 0) is 6.54 Å². The first kappa shape index (κ1) is 23.7. The number of likely N-dealkylation sites (N-methyl/N-ethyl adjacent to an activating group) is 1. The molecule has 0 saturated carbocycles. The summed E-state index contributed by atoms with van der Waals surface area (Å²) < 4.78 is 36.9. The molecule has 0 aliphatic carbocycles. The van der Waals surface area contributed by atoms with Crippen LogP contribution < -0.4 is 15.5 Å². The third kappa shape index (κ3) is 8.50. The number of rotatable bonds is 6. The molecule has 2 heterocycles. The van der Waals surface area contributed by atoms with E-state index in [9.17, 15) is 13.2 Å². The SMILES string of the molecule is CCNC(=NCc1cccnc1N1CCN(C)CC1)NCCC(F)(F)F.I. The maximum absolute atomic E-state index is 12.3. The zero-order valence-corrected chi connectivity index (χ0v) is 18.1. The Morgan fingerprint density at radius 3 is 2.56 bits per heavy atom. The molecule has 0 atom stereocenters. The maximum Gasteiger partial charge on any atom is 0.390 e. The highest BCUT2D eigenvalue weighted by Gasteiger charge is 2.26. The molecule has 27 heavy (non-hydrogen) atoms. The molecule has 1 aliphatic rings. The summed E-state index contributed by atoms with van der Waals surface area (Å²) in [5, 5.41) is 5.71. The van der Waals surface area contributed by atoms with Crippen LogP contribution in [0.3, 0.4) is 0 Å². The largest absolute Gasteiger partial charge is 0.390 e. The molecule has 1 aromatic heterocycles. The van der Waals surface area contributed by atoms with Crippen LogP contribution in [0.1, 0.15) is 18.9 Å². The summed E-state index contributed by atoms with van der Waals surface area (Å²) in [5.41, 5.74) is 0.963. The number of nitrogens with one attached hydrogen (secondary N) is 2. The van der Waals surface area contributed by atoms with Crippen LogP contribution in [0.25, 0.3) is 0 Å². The number of hydrogen-bond donors (Lipinski definition) is 2. The van der Waals surface area contributed by atoms with Crippen molar-refractivity contribution in [1.82, 2.24) is 20.5 Å². The number of anilines is 1. The molecule has 10 heteroatoms. The molecule has 0 unspecified atom stereocenters. The number of aromatic nitrogens is 1. The van der Waals surface area contributed by atoms with Gasteiger partial charge in [0.2, 0.25) is 0 Å². The van der Waals surface area contributed by atoms with Crippen molar-refractivity contribution in [2.24, 2.45) is 4.99 Å². The molecule has 0 aromatic carbocycles. The van der Waals surface area contributed by atoms with E-state index in [2.05, 4.69) is 37.5 Å². The molecule has 6 nitrogen and oxygen atoms in total. The molecule has 0 spiro atoms. The Labute approximate surface area is 175 Å². The predicted molar refractivity (Wildman–Crippen MR) is 113 cm³/mol. The molecule has 2 rings (SSSR count). The van der Waals surface area contributed by atoms with Crippen LogP contribution in [0.5, 0.6) is 0 Å². The summed E-state index contributed by atoms with van der Waals surface area (Å²) in [7, 11) is 2.09. The molecule has 2 N–H and O–H groups in total. The summed E-state index contributed by atoms with van der Waals surface area (Å²) in [5.74, 6) is 1.28. The third-order valence-electron chi connectivity index (χ3n) is 4.12. The lowest BCUT2D eigenvalue weighted by Crippen LogP contribution is -2.45. The topological polar surface area (TPSA) is 55.8 Å². The fraction of sp³-hybridized carbons (Fsp3) is 0.647.